The zero-order valence-electron chi connectivity index (χ0n) is 10.2. The van der Waals surface area contributed by atoms with E-state index in [9.17, 15) is 4.39 Å². The Labute approximate surface area is 96.8 Å². The molecule has 1 unspecified atom stereocenters. The van der Waals surface area contributed by atoms with E-state index in [0.717, 1.165) is 6.54 Å². The molecular weight excluding hydrogens is 205 g/mol. The maximum atomic E-state index is 13.6. The Morgan fingerprint density at radius 3 is 2.56 bits per heavy atom. The van der Waals surface area contributed by atoms with Gasteiger partial charge in [0.25, 0.3) is 0 Å². The lowest BCUT2D eigenvalue weighted by Crippen LogP contribution is -2.25. The number of benzene rings is 1. The second-order valence-corrected chi connectivity index (χ2v) is 4.00. The topological polar surface area (TPSA) is 21.3 Å². The Morgan fingerprint density at radius 2 is 2.00 bits per heavy atom. The second-order valence-electron chi connectivity index (χ2n) is 4.00. The molecule has 1 atom stereocenters. The first-order chi connectivity index (χ1) is 7.65. The van der Waals surface area contributed by atoms with Crippen LogP contribution in [0.25, 0.3) is 0 Å². The Balaban J connectivity index is 2.78. The standard InChI is InChI=1S/C13H20FNO/c1-4-15-9-13(16-10(2)3)11-7-5-6-8-12(11)14/h5-8,10,13,15H,4,9H2,1-3H3. The van der Waals surface area contributed by atoms with Gasteiger partial charge in [-0.15, -0.1) is 0 Å². The minimum atomic E-state index is -0.221. The highest BCUT2D eigenvalue weighted by Crippen LogP contribution is 2.21. The Kier molecular flexibility index (Phi) is 5.43. The van der Waals surface area contributed by atoms with Crippen LogP contribution in [0.4, 0.5) is 4.39 Å². The molecule has 0 heterocycles. The molecule has 0 aromatic heterocycles. The number of nitrogens with one attached hydrogen (secondary N) is 1. The summed E-state index contributed by atoms with van der Waals surface area (Å²) in [5.74, 6) is -0.203. The van der Waals surface area contributed by atoms with Gasteiger partial charge >= 0.3 is 0 Å². The fourth-order valence-corrected chi connectivity index (χ4v) is 1.57. The lowest BCUT2D eigenvalue weighted by atomic mass is 10.1. The summed E-state index contributed by atoms with van der Waals surface area (Å²) in [6, 6.07) is 6.78. The van der Waals surface area contributed by atoms with Gasteiger partial charge in [0.05, 0.1) is 12.2 Å². The quantitative estimate of drug-likeness (QED) is 0.803. The molecule has 0 saturated heterocycles. The summed E-state index contributed by atoms with van der Waals surface area (Å²) in [6.07, 6.45) is -0.135. The molecule has 90 valence electrons. The van der Waals surface area contributed by atoms with E-state index < -0.39 is 0 Å². The average Bonchev–Trinajstić information content (AvgIpc) is 2.24. The van der Waals surface area contributed by atoms with E-state index in [2.05, 4.69) is 5.32 Å². The zero-order valence-corrected chi connectivity index (χ0v) is 10.2. The van der Waals surface area contributed by atoms with Crippen LogP contribution < -0.4 is 5.32 Å². The molecule has 1 aromatic carbocycles. The lowest BCUT2D eigenvalue weighted by molar-refractivity contribution is 0.00554. The molecule has 0 aliphatic rings. The maximum Gasteiger partial charge on any atom is 0.129 e. The van der Waals surface area contributed by atoms with Gasteiger partial charge in [-0.2, -0.15) is 0 Å². The Bertz CT molecular complexity index is 315. The van der Waals surface area contributed by atoms with Crippen LogP contribution in [0.2, 0.25) is 0 Å². The first-order valence-corrected chi connectivity index (χ1v) is 5.75. The van der Waals surface area contributed by atoms with Crippen molar-refractivity contribution in [3.8, 4) is 0 Å². The van der Waals surface area contributed by atoms with Gasteiger partial charge in [0.2, 0.25) is 0 Å². The van der Waals surface area contributed by atoms with Crippen molar-refractivity contribution in [2.45, 2.75) is 33.0 Å². The van der Waals surface area contributed by atoms with E-state index in [4.69, 9.17) is 4.74 Å². The molecule has 1 N–H and O–H groups in total. The summed E-state index contributed by atoms with van der Waals surface area (Å²) in [6.45, 7) is 7.43. The van der Waals surface area contributed by atoms with Crippen molar-refractivity contribution >= 4 is 0 Å². The predicted octanol–water partition coefficient (Wildman–Crippen LogP) is 2.90. The summed E-state index contributed by atoms with van der Waals surface area (Å²) >= 11 is 0. The zero-order chi connectivity index (χ0) is 12.0. The van der Waals surface area contributed by atoms with Crippen LogP contribution in [0, 0.1) is 5.82 Å². The number of halogens is 1. The van der Waals surface area contributed by atoms with E-state index in [1.165, 1.54) is 6.07 Å². The summed E-state index contributed by atoms with van der Waals surface area (Å²) in [4.78, 5) is 0. The molecule has 1 aromatic rings. The first-order valence-electron chi connectivity index (χ1n) is 5.75. The third-order valence-electron chi connectivity index (χ3n) is 2.27. The number of rotatable bonds is 6. The van der Waals surface area contributed by atoms with Gasteiger partial charge in [0.1, 0.15) is 5.82 Å². The predicted molar refractivity (Wildman–Crippen MR) is 63.9 cm³/mol. The highest BCUT2D eigenvalue weighted by molar-refractivity contribution is 5.20. The monoisotopic (exact) mass is 225 g/mol. The van der Waals surface area contributed by atoms with Crippen LogP contribution in [-0.2, 0) is 4.74 Å². The third-order valence-corrected chi connectivity index (χ3v) is 2.27. The van der Waals surface area contributed by atoms with Crippen molar-refractivity contribution in [3.05, 3.63) is 35.6 Å². The van der Waals surface area contributed by atoms with Crippen molar-refractivity contribution < 1.29 is 9.13 Å². The molecule has 0 spiro atoms. The SMILES string of the molecule is CCNCC(OC(C)C)c1ccccc1F. The van der Waals surface area contributed by atoms with Gasteiger partial charge in [-0.1, -0.05) is 25.1 Å². The molecule has 0 saturated carbocycles. The van der Waals surface area contributed by atoms with Crippen molar-refractivity contribution in [3.63, 3.8) is 0 Å². The highest BCUT2D eigenvalue weighted by atomic mass is 19.1. The van der Waals surface area contributed by atoms with Gasteiger partial charge in [0.15, 0.2) is 0 Å². The van der Waals surface area contributed by atoms with Crippen molar-refractivity contribution in [1.82, 2.24) is 5.32 Å². The van der Waals surface area contributed by atoms with Gasteiger partial charge in [0, 0.05) is 12.1 Å². The molecule has 0 fully saturated rings. The molecule has 1 rings (SSSR count). The summed E-state index contributed by atoms with van der Waals surface area (Å²) in [5, 5.41) is 3.19. The second kappa shape index (κ2) is 6.61. The van der Waals surface area contributed by atoms with Crippen LogP contribution in [0.3, 0.4) is 0 Å². The minimum Gasteiger partial charge on any atom is -0.369 e. The normalized spacial score (nSPS) is 13.1. The van der Waals surface area contributed by atoms with Crippen molar-refractivity contribution in [2.75, 3.05) is 13.1 Å². The average molecular weight is 225 g/mol. The molecule has 0 bridgehead atoms. The van der Waals surface area contributed by atoms with Gasteiger partial charge < -0.3 is 10.1 Å². The summed E-state index contributed by atoms with van der Waals surface area (Å²) in [5.41, 5.74) is 0.622. The summed E-state index contributed by atoms with van der Waals surface area (Å²) < 4.78 is 19.3. The van der Waals surface area contributed by atoms with Gasteiger partial charge in [-0.05, 0) is 26.5 Å². The first kappa shape index (κ1) is 13.1. The van der Waals surface area contributed by atoms with E-state index in [-0.39, 0.29) is 18.0 Å². The molecule has 0 aliphatic heterocycles. The molecule has 0 amide bonds. The maximum absolute atomic E-state index is 13.6. The van der Waals surface area contributed by atoms with Gasteiger partial charge in [-0.3, -0.25) is 0 Å². The third kappa shape index (κ3) is 3.91. The molecular formula is C13H20FNO. The van der Waals surface area contributed by atoms with E-state index >= 15 is 0 Å². The highest BCUT2D eigenvalue weighted by Gasteiger charge is 2.16. The summed E-state index contributed by atoms with van der Waals surface area (Å²) in [7, 11) is 0. The lowest BCUT2D eigenvalue weighted by Gasteiger charge is -2.21. The van der Waals surface area contributed by atoms with E-state index in [1.54, 1.807) is 12.1 Å². The minimum absolute atomic E-state index is 0.0864. The van der Waals surface area contributed by atoms with Crippen molar-refractivity contribution in [1.29, 1.82) is 0 Å². The van der Waals surface area contributed by atoms with E-state index in [1.807, 2.05) is 26.8 Å². The van der Waals surface area contributed by atoms with Crippen LogP contribution in [0.1, 0.15) is 32.4 Å². The largest absolute Gasteiger partial charge is 0.369 e. The van der Waals surface area contributed by atoms with E-state index in [0.29, 0.717) is 12.1 Å². The molecule has 16 heavy (non-hydrogen) atoms. The van der Waals surface area contributed by atoms with Crippen molar-refractivity contribution in [2.24, 2.45) is 0 Å². The van der Waals surface area contributed by atoms with Crippen LogP contribution in [0.15, 0.2) is 24.3 Å². The smallest absolute Gasteiger partial charge is 0.129 e. The molecule has 3 heteroatoms. The number of ether oxygens (including phenoxy) is 1. The van der Waals surface area contributed by atoms with Gasteiger partial charge in [-0.25, -0.2) is 4.39 Å². The fourth-order valence-electron chi connectivity index (χ4n) is 1.57. The van der Waals surface area contributed by atoms with Crippen LogP contribution >= 0.6 is 0 Å². The number of hydrogen-bond donors (Lipinski definition) is 1. The molecule has 0 aliphatic carbocycles. The van der Waals surface area contributed by atoms with Crippen LogP contribution in [0.5, 0.6) is 0 Å². The molecule has 2 nitrogen and oxygen atoms in total. The molecule has 0 radical (unpaired) electrons. The van der Waals surface area contributed by atoms with Crippen LogP contribution in [-0.4, -0.2) is 19.2 Å². The number of hydrogen-bond acceptors (Lipinski definition) is 2. The Hall–Kier alpha value is -0.930. The Morgan fingerprint density at radius 1 is 1.31 bits per heavy atom. The number of likely N-dealkylation sites (N-methyl/N-ethyl adjacent to an activating group) is 1. The fraction of sp³-hybridized carbons (Fsp3) is 0.538.